The molecule has 3 saturated heterocycles. The number of amides is 5. The fraction of sp³-hybridized carbons (Fsp3) is 0.412. The van der Waals surface area contributed by atoms with Gasteiger partial charge in [-0.2, -0.15) is 11.8 Å². The smallest absolute Gasteiger partial charge is 0.315 e. The number of aromatic nitrogens is 2. The molecule has 0 spiro atoms. The average molecular weight is 916 g/mol. The molecule has 4 heterocycles. The van der Waals surface area contributed by atoms with Crippen LogP contribution in [0.5, 0.6) is 5.75 Å². The molecule has 3 aliphatic heterocycles. The normalized spacial score (nSPS) is 20.2. The molecule has 5 N–H and O–H groups in total. The molecule has 1 aromatic heterocycles. The van der Waals surface area contributed by atoms with Crippen LogP contribution in [-0.4, -0.2) is 106 Å². The molecule has 3 fully saturated rings. The number of imidazole rings is 1. The number of ketones is 1. The highest BCUT2D eigenvalue weighted by Gasteiger charge is 2.42. The summed E-state index contributed by atoms with van der Waals surface area (Å²) in [6, 6.07) is 19.6. The van der Waals surface area contributed by atoms with E-state index in [4.69, 9.17) is 4.74 Å². The summed E-state index contributed by atoms with van der Waals surface area (Å²) in [5.41, 5.74) is 5.69. The Balaban J connectivity index is 0.816. The molecule has 14 nitrogen and oxygen atoms in total. The number of benzene rings is 3. The Morgan fingerprint density at radius 2 is 1.67 bits per heavy atom. The molecule has 3 aromatic carbocycles. The van der Waals surface area contributed by atoms with Crippen LogP contribution >= 0.6 is 11.8 Å². The fourth-order valence-corrected chi connectivity index (χ4v) is 10.4. The minimum absolute atomic E-state index is 0.0641. The number of fused-ring (bicyclic) bond motifs is 1. The van der Waals surface area contributed by atoms with E-state index in [2.05, 4.69) is 33.2 Å². The monoisotopic (exact) mass is 915 g/mol. The summed E-state index contributed by atoms with van der Waals surface area (Å²) in [7, 11) is 1.61. The molecular weight excluding hydrogens is 855 g/mol. The molecule has 5 atom stereocenters. The number of urea groups is 1. The summed E-state index contributed by atoms with van der Waals surface area (Å²) in [5, 5.41) is 22.9. The first-order valence-electron chi connectivity index (χ1n) is 23.0. The largest absolute Gasteiger partial charge is 0.495 e. The van der Waals surface area contributed by atoms with Crippen LogP contribution in [-0.2, 0) is 14.4 Å². The molecule has 5 amide bonds. The van der Waals surface area contributed by atoms with Crippen LogP contribution in [0.15, 0.2) is 90.9 Å². The van der Waals surface area contributed by atoms with Crippen LogP contribution in [0.3, 0.4) is 0 Å². The average Bonchev–Trinajstić information content (AvgIpc) is 4.04. The van der Waals surface area contributed by atoms with Gasteiger partial charge in [0.05, 0.1) is 49.6 Å². The van der Waals surface area contributed by atoms with E-state index in [0.717, 1.165) is 72.3 Å². The summed E-state index contributed by atoms with van der Waals surface area (Å²) < 4.78 is 7.58. The minimum Gasteiger partial charge on any atom is -0.495 e. The third-order valence-electron chi connectivity index (χ3n) is 12.4. The number of nitrogens with one attached hydrogen (secondary N) is 4. The van der Waals surface area contributed by atoms with Gasteiger partial charge in [-0.15, -0.1) is 0 Å². The fourth-order valence-electron chi connectivity index (χ4n) is 8.88. The van der Waals surface area contributed by atoms with Gasteiger partial charge in [0.15, 0.2) is 5.78 Å². The van der Waals surface area contributed by atoms with Crippen LogP contribution in [0, 0.1) is 12.8 Å². The molecule has 348 valence electrons. The van der Waals surface area contributed by atoms with E-state index in [1.54, 1.807) is 72.9 Å². The number of hydrogen-bond donors (Lipinski definition) is 5. The maximum atomic E-state index is 14.0. The summed E-state index contributed by atoms with van der Waals surface area (Å²) in [6.45, 7) is 5.37. The van der Waals surface area contributed by atoms with E-state index >= 15 is 0 Å². The Bertz CT molecular complexity index is 2410. The number of carbonyl (C=O) groups is 5. The highest BCUT2D eigenvalue weighted by Crippen LogP contribution is 2.34. The second-order valence-electron chi connectivity index (χ2n) is 17.5. The van der Waals surface area contributed by atoms with Crippen molar-refractivity contribution in [2.75, 3.05) is 39.1 Å². The zero-order valence-electron chi connectivity index (χ0n) is 38.0. The standard InChI is InChI=1S/C51H61N7O7S/c1-33-25-40(26-36-13-21-42(44(27-36)65-3)57-29-34(2)54-32-57)50(63)58(28-33)43(30-59)37-17-19-39(20-18-37)49(62)38-15-11-35(12-16-38)14-22-47(61)53-24-8-4-7-23-52-46(60)10-6-5-9-45-48-41(31-66-45)55-51(64)56-48/h11-22,26-27,29,32-33,41,43,45,48,59H,4-10,23-25,28,30-31H2,1-3H3,(H,52,60)(H,53,61)(H2,55,56,64)/t33-,41-,43-,45-,48-/m0/s1. The number of thioether (sulfide) groups is 1. The first-order valence-corrected chi connectivity index (χ1v) is 24.0. The van der Waals surface area contributed by atoms with Gasteiger partial charge in [0.25, 0.3) is 0 Å². The van der Waals surface area contributed by atoms with Crippen LogP contribution in [0.2, 0.25) is 0 Å². The summed E-state index contributed by atoms with van der Waals surface area (Å²) in [5.74, 6) is 1.31. The quantitative estimate of drug-likeness (QED) is 0.0268. The number of carbonyl (C=O) groups excluding carboxylic acids is 5. The molecule has 0 radical (unpaired) electrons. The minimum atomic E-state index is -0.587. The third kappa shape index (κ3) is 12.4. The SMILES string of the molecule is COc1cc(C=C2C[C@H](C)CN([C@@H](CO)c3ccc(C(=O)c4ccc(C=CC(=O)NCCCCCNC(=O)CCCC[C@@H]5SC[C@@H]6NC(=O)N[C@@H]65)cc4)cc3)C2=O)ccc1-n1cnc(C)c1. The highest BCUT2D eigenvalue weighted by molar-refractivity contribution is 8.00. The van der Waals surface area contributed by atoms with E-state index < -0.39 is 6.04 Å². The van der Waals surface area contributed by atoms with Crippen molar-refractivity contribution in [2.24, 2.45) is 5.92 Å². The Hall–Kier alpha value is -6.19. The molecule has 0 saturated carbocycles. The Morgan fingerprint density at radius 3 is 2.38 bits per heavy atom. The maximum absolute atomic E-state index is 14.0. The van der Waals surface area contributed by atoms with Gasteiger partial charge in [0.1, 0.15) is 5.75 Å². The van der Waals surface area contributed by atoms with Gasteiger partial charge >= 0.3 is 6.03 Å². The lowest BCUT2D eigenvalue weighted by Crippen LogP contribution is -2.44. The third-order valence-corrected chi connectivity index (χ3v) is 13.9. The van der Waals surface area contributed by atoms with Gasteiger partial charge < -0.3 is 40.6 Å². The number of aliphatic hydroxyl groups is 1. The van der Waals surface area contributed by atoms with E-state index in [9.17, 15) is 29.1 Å². The van der Waals surface area contributed by atoms with Crippen molar-refractivity contribution < 1.29 is 33.8 Å². The predicted octanol–water partition coefficient (Wildman–Crippen LogP) is 6.55. The molecular formula is C51H61N7O7S. The second-order valence-corrected chi connectivity index (χ2v) is 18.7. The van der Waals surface area contributed by atoms with E-state index in [1.807, 2.05) is 53.7 Å². The van der Waals surface area contributed by atoms with Crippen molar-refractivity contribution in [3.63, 3.8) is 0 Å². The first kappa shape index (κ1) is 47.8. The lowest BCUT2D eigenvalue weighted by molar-refractivity contribution is -0.133. The Morgan fingerprint density at radius 1 is 0.939 bits per heavy atom. The molecule has 7 rings (SSSR count). The number of methoxy groups -OCH3 is 1. The Labute approximate surface area is 391 Å². The second kappa shape index (κ2) is 22.8. The van der Waals surface area contributed by atoms with Crippen molar-refractivity contribution in [3.05, 3.63) is 124 Å². The molecule has 0 bridgehead atoms. The van der Waals surface area contributed by atoms with Crippen molar-refractivity contribution in [3.8, 4) is 11.4 Å². The number of ether oxygens (including phenoxy) is 1. The summed E-state index contributed by atoms with van der Waals surface area (Å²) in [6.07, 6.45) is 15.1. The lowest BCUT2D eigenvalue weighted by atomic mass is 9.90. The number of aliphatic hydroxyl groups excluding tert-OH is 1. The van der Waals surface area contributed by atoms with Crippen molar-refractivity contribution in [1.29, 1.82) is 0 Å². The highest BCUT2D eigenvalue weighted by atomic mass is 32.2. The summed E-state index contributed by atoms with van der Waals surface area (Å²) >= 11 is 1.89. The topological polar surface area (TPSA) is 184 Å². The van der Waals surface area contributed by atoms with Crippen LogP contribution in [0.25, 0.3) is 17.8 Å². The molecule has 0 aliphatic carbocycles. The zero-order valence-corrected chi connectivity index (χ0v) is 38.8. The van der Waals surface area contributed by atoms with E-state index in [-0.39, 0.29) is 54.1 Å². The molecule has 66 heavy (non-hydrogen) atoms. The number of rotatable bonds is 21. The van der Waals surface area contributed by atoms with Gasteiger partial charge in [-0.3, -0.25) is 19.2 Å². The van der Waals surface area contributed by atoms with Crippen molar-refractivity contribution >= 4 is 53.4 Å². The number of nitrogens with zero attached hydrogens (tertiary/aromatic N) is 3. The first-order chi connectivity index (χ1) is 32.0. The van der Waals surface area contributed by atoms with Crippen LogP contribution in [0.1, 0.15) is 103 Å². The number of hydrogen-bond acceptors (Lipinski definition) is 9. The van der Waals surface area contributed by atoms with E-state index in [1.165, 1.54) is 6.08 Å². The zero-order chi connectivity index (χ0) is 46.6. The number of piperidine rings is 1. The van der Waals surface area contributed by atoms with Gasteiger partial charge in [0, 0.05) is 66.0 Å². The molecule has 0 unspecified atom stereocenters. The summed E-state index contributed by atoms with van der Waals surface area (Å²) in [4.78, 5) is 69.7. The maximum Gasteiger partial charge on any atom is 0.315 e. The van der Waals surface area contributed by atoms with Gasteiger partial charge in [-0.25, -0.2) is 9.78 Å². The predicted molar refractivity (Wildman–Crippen MR) is 257 cm³/mol. The van der Waals surface area contributed by atoms with Crippen molar-refractivity contribution in [2.45, 2.75) is 88.6 Å². The molecule has 15 heteroatoms. The van der Waals surface area contributed by atoms with Crippen molar-refractivity contribution in [1.82, 2.24) is 35.7 Å². The molecule has 4 aromatic rings. The van der Waals surface area contributed by atoms with Gasteiger partial charge in [-0.1, -0.05) is 67.9 Å². The van der Waals surface area contributed by atoms with Gasteiger partial charge in [-0.05, 0) is 92.3 Å². The van der Waals surface area contributed by atoms with Gasteiger partial charge in [0.2, 0.25) is 17.7 Å². The number of unbranched alkanes of at least 4 members (excludes halogenated alkanes) is 3. The van der Waals surface area contributed by atoms with Crippen LogP contribution in [0.4, 0.5) is 4.79 Å². The lowest BCUT2D eigenvalue weighted by Gasteiger charge is -2.38. The van der Waals surface area contributed by atoms with Crippen LogP contribution < -0.4 is 26.0 Å². The molecule has 3 aliphatic rings. The van der Waals surface area contributed by atoms with E-state index in [0.29, 0.717) is 60.2 Å². The number of likely N-dealkylation sites (tertiary alicyclic amines) is 1. The number of aryl methyl sites for hydroxylation is 1. The Kier molecular flexibility index (Phi) is 16.5.